The van der Waals surface area contributed by atoms with Crippen molar-refractivity contribution in [3.05, 3.63) is 0 Å². The summed E-state index contributed by atoms with van der Waals surface area (Å²) in [6.07, 6.45) is 7.93. The van der Waals surface area contributed by atoms with E-state index in [0.717, 1.165) is 12.8 Å². The van der Waals surface area contributed by atoms with Gasteiger partial charge in [0.1, 0.15) is 0 Å². The number of aliphatic hydroxyl groups is 1. The second-order valence-electron chi connectivity index (χ2n) is 5.29. The van der Waals surface area contributed by atoms with Crippen molar-refractivity contribution in [2.24, 2.45) is 11.8 Å². The minimum absolute atomic E-state index is 0.147. The Morgan fingerprint density at radius 3 is 2.62 bits per heavy atom. The van der Waals surface area contributed by atoms with Crippen LogP contribution in [-0.2, 0) is 0 Å². The molecule has 0 spiro atoms. The van der Waals surface area contributed by atoms with Crippen molar-refractivity contribution in [2.45, 2.75) is 57.1 Å². The quantitative estimate of drug-likeness (QED) is 0.713. The molecule has 0 radical (unpaired) electrons. The Bertz CT molecular complexity index is 257. The maximum atomic E-state index is 9.80. The summed E-state index contributed by atoms with van der Waals surface area (Å²) >= 11 is 0. The zero-order chi connectivity index (χ0) is 11.4. The van der Waals surface area contributed by atoms with Crippen molar-refractivity contribution in [2.75, 3.05) is 6.54 Å². The highest BCUT2D eigenvalue weighted by Gasteiger charge is 2.31. The lowest BCUT2D eigenvalue weighted by Gasteiger charge is -2.22. The molecule has 2 rings (SSSR count). The summed E-state index contributed by atoms with van der Waals surface area (Å²) in [4.78, 5) is 0. The van der Waals surface area contributed by atoms with Crippen LogP contribution in [0.4, 0.5) is 0 Å². The fourth-order valence-electron chi connectivity index (χ4n) is 2.63. The lowest BCUT2D eigenvalue weighted by Crippen LogP contribution is -2.40. The molecule has 16 heavy (non-hydrogen) atoms. The fourth-order valence-corrected chi connectivity index (χ4v) is 2.63. The van der Waals surface area contributed by atoms with Crippen LogP contribution >= 0.6 is 0 Å². The van der Waals surface area contributed by atoms with Crippen LogP contribution in [0.1, 0.15) is 44.9 Å². The van der Waals surface area contributed by atoms with Crippen LogP contribution in [-0.4, -0.2) is 23.8 Å². The van der Waals surface area contributed by atoms with Gasteiger partial charge >= 0.3 is 0 Å². The molecule has 0 aliphatic heterocycles. The average Bonchev–Trinajstić information content (AvgIpc) is 3.12. The van der Waals surface area contributed by atoms with Gasteiger partial charge in [0.15, 0.2) is 0 Å². The first kappa shape index (κ1) is 11.9. The van der Waals surface area contributed by atoms with Crippen LogP contribution in [0.25, 0.3) is 0 Å². The number of nitriles is 1. The summed E-state index contributed by atoms with van der Waals surface area (Å²) in [7, 11) is 0. The smallest absolute Gasteiger partial charge is 0.0692 e. The van der Waals surface area contributed by atoms with E-state index in [9.17, 15) is 5.11 Å². The van der Waals surface area contributed by atoms with Crippen molar-refractivity contribution in [3.8, 4) is 6.07 Å². The Balaban J connectivity index is 1.78. The van der Waals surface area contributed by atoms with Crippen LogP contribution in [0, 0.1) is 23.2 Å². The van der Waals surface area contributed by atoms with E-state index in [2.05, 4.69) is 11.4 Å². The molecule has 0 bridgehead atoms. The molecule has 0 aromatic heterocycles. The summed E-state index contributed by atoms with van der Waals surface area (Å²) in [5.74, 6) is 0.674. The van der Waals surface area contributed by atoms with E-state index < -0.39 is 0 Å². The Kier molecular flexibility index (Phi) is 4.20. The zero-order valence-corrected chi connectivity index (χ0v) is 9.86. The van der Waals surface area contributed by atoms with Crippen LogP contribution in [0.2, 0.25) is 0 Å². The highest BCUT2D eigenvalue weighted by atomic mass is 16.3. The van der Waals surface area contributed by atoms with Gasteiger partial charge in [0.25, 0.3) is 0 Å². The van der Waals surface area contributed by atoms with E-state index in [4.69, 9.17) is 5.26 Å². The summed E-state index contributed by atoms with van der Waals surface area (Å²) in [6.45, 7) is 0.674. The van der Waals surface area contributed by atoms with Gasteiger partial charge in [-0.05, 0) is 31.6 Å². The van der Waals surface area contributed by atoms with Crippen LogP contribution in [0.5, 0.6) is 0 Å². The molecule has 2 aliphatic carbocycles. The lowest BCUT2D eigenvalue weighted by molar-refractivity contribution is 0.141. The van der Waals surface area contributed by atoms with Gasteiger partial charge in [-0.15, -0.1) is 0 Å². The van der Waals surface area contributed by atoms with Gasteiger partial charge in [0.05, 0.1) is 18.1 Å². The summed E-state index contributed by atoms with van der Waals surface area (Å²) < 4.78 is 0. The van der Waals surface area contributed by atoms with E-state index in [0.29, 0.717) is 18.5 Å². The van der Waals surface area contributed by atoms with Crippen LogP contribution in [0.15, 0.2) is 0 Å². The topological polar surface area (TPSA) is 56.0 Å². The molecule has 0 aromatic carbocycles. The number of hydrogen-bond acceptors (Lipinski definition) is 3. The third-order valence-corrected chi connectivity index (χ3v) is 3.94. The summed E-state index contributed by atoms with van der Waals surface area (Å²) in [5.41, 5.74) is 0. The molecule has 0 heterocycles. The lowest BCUT2D eigenvalue weighted by atomic mass is 9.96. The van der Waals surface area contributed by atoms with Crippen molar-refractivity contribution < 1.29 is 5.11 Å². The molecule has 3 unspecified atom stereocenters. The number of hydrogen-bond donors (Lipinski definition) is 2. The predicted octanol–water partition coefficient (Wildman–Crippen LogP) is 1.82. The Morgan fingerprint density at radius 1 is 1.19 bits per heavy atom. The molecule has 0 amide bonds. The Hall–Kier alpha value is -0.590. The molecule has 3 atom stereocenters. The molecule has 2 N–H and O–H groups in total. The maximum absolute atomic E-state index is 9.80. The van der Waals surface area contributed by atoms with Gasteiger partial charge in [0, 0.05) is 12.6 Å². The molecule has 2 fully saturated rings. The molecule has 3 nitrogen and oxygen atoms in total. The average molecular weight is 222 g/mol. The van der Waals surface area contributed by atoms with Crippen molar-refractivity contribution >= 4 is 0 Å². The summed E-state index contributed by atoms with van der Waals surface area (Å²) in [6, 6.07) is 2.72. The first-order valence-electron chi connectivity index (χ1n) is 6.62. The van der Waals surface area contributed by atoms with Gasteiger partial charge in [0.2, 0.25) is 0 Å². The second-order valence-corrected chi connectivity index (χ2v) is 5.29. The third kappa shape index (κ3) is 3.20. The highest BCUT2D eigenvalue weighted by molar-refractivity contribution is 4.94. The molecular formula is C13H22N2O. The normalized spacial score (nSPS) is 32.8. The molecule has 0 saturated heterocycles. The standard InChI is InChI=1S/C13H22N2O/c14-8-11-4-2-1-3-5-12(11)15-9-13(16)10-6-7-10/h10-13,15-16H,1-7,9H2. The molecular weight excluding hydrogens is 200 g/mol. The van der Waals surface area contributed by atoms with E-state index in [1.807, 2.05) is 0 Å². The summed E-state index contributed by atoms with van der Waals surface area (Å²) in [5, 5.41) is 22.3. The Labute approximate surface area is 97.8 Å². The van der Waals surface area contributed by atoms with Gasteiger partial charge < -0.3 is 10.4 Å². The Morgan fingerprint density at radius 2 is 1.94 bits per heavy atom. The monoisotopic (exact) mass is 222 g/mol. The second kappa shape index (κ2) is 5.65. The maximum Gasteiger partial charge on any atom is 0.0692 e. The predicted molar refractivity (Wildman–Crippen MR) is 62.7 cm³/mol. The SMILES string of the molecule is N#CC1CCCCCC1NCC(O)C1CC1. The van der Waals surface area contributed by atoms with E-state index in [1.165, 1.54) is 32.1 Å². The third-order valence-electron chi connectivity index (χ3n) is 3.94. The first-order valence-corrected chi connectivity index (χ1v) is 6.62. The van der Waals surface area contributed by atoms with Gasteiger partial charge in [-0.2, -0.15) is 5.26 Å². The molecule has 2 aliphatic rings. The molecule has 3 heteroatoms. The zero-order valence-electron chi connectivity index (χ0n) is 9.86. The highest BCUT2D eigenvalue weighted by Crippen LogP contribution is 2.32. The molecule has 0 aromatic rings. The fraction of sp³-hybridized carbons (Fsp3) is 0.923. The van der Waals surface area contributed by atoms with Crippen molar-refractivity contribution in [1.29, 1.82) is 5.26 Å². The van der Waals surface area contributed by atoms with Crippen LogP contribution < -0.4 is 5.32 Å². The minimum atomic E-state index is -0.192. The van der Waals surface area contributed by atoms with Crippen molar-refractivity contribution in [3.63, 3.8) is 0 Å². The van der Waals surface area contributed by atoms with Crippen LogP contribution in [0.3, 0.4) is 0 Å². The number of aliphatic hydroxyl groups excluding tert-OH is 1. The van der Waals surface area contributed by atoms with E-state index in [1.54, 1.807) is 0 Å². The number of rotatable bonds is 4. The van der Waals surface area contributed by atoms with Gasteiger partial charge in [-0.1, -0.05) is 19.3 Å². The largest absolute Gasteiger partial charge is 0.392 e. The number of nitrogens with one attached hydrogen (secondary N) is 1. The number of nitrogens with zero attached hydrogens (tertiary/aromatic N) is 1. The van der Waals surface area contributed by atoms with Crippen molar-refractivity contribution in [1.82, 2.24) is 5.32 Å². The van der Waals surface area contributed by atoms with E-state index >= 15 is 0 Å². The molecule has 90 valence electrons. The first-order chi connectivity index (χ1) is 7.81. The molecule has 2 saturated carbocycles. The van der Waals surface area contributed by atoms with E-state index in [-0.39, 0.29) is 12.0 Å². The minimum Gasteiger partial charge on any atom is -0.392 e. The van der Waals surface area contributed by atoms with Gasteiger partial charge in [-0.25, -0.2) is 0 Å². The van der Waals surface area contributed by atoms with Gasteiger partial charge in [-0.3, -0.25) is 0 Å².